The predicted molar refractivity (Wildman–Crippen MR) is 98.7 cm³/mol. The summed E-state index contributed by atoms with van der Waals surface area (Å²) in [6.45, 7) is 3.31. The van der Waals surface area contributed by atoms with Crippen LogP contribution in [0.15, 0.2) is 53.5 Å². The molecule has 2 rings (SSSR count). The number of ether oxygens (including phenoxy) is 1. The van der Waals surface area contributed by atoms with Gasteiger partial charge in [0.25, 0.3) is 0 Å². The first kappa shape index (κ1) is 21.4. The topological polar surface area (TPSA) is 130 Å². The summed E-state index contributed by atoms with van der Waals surface area (Å²) in [4.78, 5) is 21.5. The number of rotatable bonds is 11. The van der Waals surface area contributed by atoms with E-state index in [0.29, 0.717) is 5.56 Å². The van der Waals surface area contributed by atoms with Crippen molar-refractivity contribution in [2.45, 2.75) is 13.0 Å². The normalized spacial score (nSPS) is 12.8. The molecule has 28 heavy (non-hydrogen) atoms. The molecule has 0 saturated carbocycles. The van der Waals surface area contributed by atoms with E-state index >= 15 is 0 Å². The van der Waals surface area contributed by atoms with Crippen molar-refractivity contribution in [3.05, 3.63) is 70.5 Å². The van der Waals surface area contributed by atoms with Crippen molar-refractivity contribution in [1.29, 1.82) is 0 Å². The average Bonchev–Trinajstić information content (AvgIpc) is 3.16. The molecule has 11 heteroatoms. The minimum Gasteiger partial charge on any atom is -0.461 e. The monoisotopic (exact) mass is 410 g/mol. The highest BCUT2D eigenvalue weighted by Crippen LogP contribution is 2.44. The Morgan fingerprint density at radius 2 is 2.04 bits per heavy atom. The Kier molecular flexibility index (Phi) is 7.51. The molecule has 0 fully saturated rings. The molecule has 1 heterocycles. The number of nitrogens with zero attached hydrogens (tertiary/aromatic N) is 1. The highest BCUT2D eigenvalue weighted by molar-refractivity contribution is 7.52. The third-order valence-corrected chi connectivity index (χ3v) is 4.81. The van der Waals surface area contributed by atoms with Gasteiger partial charge in [0.05, 0.1) is 12.5 Å². The molecule has 1 atom stereocenters. The number of carbonyl (C=O) groups is 1. The second kappa shape index (κ2) is 9.84. The molecule has 0 spiro atoms. The van der Waals surface area contributed by atoms with Gasteiger partial charge in [-0.2, -0.15) is 0 Å². The molecule has 1 aromatic heterocycles. The van der Waals surface area contributed by atoms with E-state index in [2.05, 4.69) is 11.7 Å². The van der Waals surface area contributed by atoms with Gasteiger partial charge < -0.3 is 13.7 Å². The van der Waals surface area contributed by atoms with E-state index in [-0.39, 0.29) is 31.1 Å². The minimum absolute atomic E-state index is 0.0750. The summed E-state index contributed by atoms with van der Waals surface area (Å²) in [5.74, 6) is -0.475. The van der Waals surface area contributed by atoms with Crippen molar-refractivity contribution >= 4 is 19.6 Å². The first-order valence-electron chi connectivity index (χ1n) is 8.07. The summed E-state index contributed by atoms with van der Waals surface area (Å²) in [7, 11) is -2.36. The van der Waals surface area contributed by atoms with E-state index in [1.807, 2.05) is 0 Å². The van der Waals surface area contributed by atoms with Crippen LogP contribution in [0.5, 0.6) is 5.75 Å². The lowest BCUT2D eigenvalue weighted by Crippen LogP contribution is -2.12. The van der Waals surface area contributed by atoms with Gasteiger partial charge in [-0.1, -0.05) is 24.8 Å². The van der Waals surface area contributed by atoms with Crippen LogP contribution in [0.3, 0.4) is 0 Å². The Balaban J connectivity index is 1.94. The van der Waals surface area contributed by atoms with E-state index < -0.39 is 24.5 Å². The second-order valence-corrected chi connectivity index (χ2v) is 7.26. The van der Waals surface area contributed by atoms with Crippen molar-refractivity contribution in [3.8, 4) is 5.75 Å². The maximum absolute atomic E-state index is 12.6. The Morgan fingerprint density at radius 3 is 2.61 bits per heavy atom. The summed E-state index contributed by atoms with van der Waals surface area (Å²) < 4.78 is 33.1. The fourth-order valence-electron chi connectivity index (χ4n) is 2.00. The smallest absolute Gasteiger partial charge is 0.458 e. The van der Waals surface area contributed by atoms with E-state index in [1.54, 1.807) is 12.1 Å². The van der Waals surface area contributed by atoms with E-state index in [1.165, 1.54) is 37.4 Å². The molecule has 1 aromatic carbocycles. The molecule has 0 radical (unpaired) electrons. The summed E-state index contributed by atoms with van der Waals surface area (Å²) in [6.07, 6.45) is 1.55. The minimum atomic E-state index is -3.74. The van der Waals surface area contributed by atoms with Crippen LogP contribution in [0.2, 0.25) is 0 Å². The van der Waals surface area contributed by atoms with E-state index in [4.69, 9.17) is 18.2 Å². The maximum Gasteiger partial charge on any atom is 0.458 e. The summed E-state index contributed by atoms with van der Waals surface area (Å²) in [5, 5.41) is 13.1. The SMILES string of the molecule is C=CCOC(=O)Cc1ccc(OP(=O)(NC)OCc2ccc([N+](=O)[O-])o2)cc1. The van der Waals surface area contributed by atoms with Crippen LogP contribution in [0, 0.1) is 10.1 Å². The summed E-state index contributed by atoms with van der Waals surface area (Å²) in [5.41, 5.74) is 0.685. The van der Waals surface area contributed by atoms with Gasteiger partial charge in [0.15, 0.2) is 0 Å². The van der Waals surface area contributed by atoms with Crippen LogP contribution in [-0.4, -0.2) is 24.5 Å². The molecule has 10 nitrogen and oxygen atoms in total. The fourth-order valence-corrected chi connectivity index (χ4v) is 2.97. The molecular formula is C17H19N2O8P. The molecule has 1 N–H and O–H groups in total. The maximum atomic E-state index is 12.6. The lowest BCUT2D eigenvalue weighted by molar-refractivity contribution is -0.402. The number of nitro groups is 1. The number of benzene rings is 1. The van der Waals surface area contributed by atoms with Crippen molar-refractivity contribution in [3.63, 3.8) is 0 Å². The zero-order chi connectivity index (χ0) is 20.6. The number of nitrogens with one attached hydrogen (secondary N) is 1. The predicted octanol–water partition coefficient (Wildman–Crippen LogP) is 3.38. The van der Waals surface area contributed by atoms with Gasteiger partial charge in [0, 0.05) is 0 Å². The molecule has 150 valence electrons. The first-order valence-corrected chi connectivity index (χ1v) is 9.61. The van der Waals surface area contributed by atoms with E-state index in [0.717, 1.165) is 0 Å². The first-order chi connectivity index (χ1) is 13.3. The van der Waals surface area contributed by atoms with Gasteiger partial charge in [-0.25, -0.2) is 9.65 Å². The third kappa shape index (κ3) is 6.34. The number of hydrogen-bond acceptors (Lipinski definition) is 8. The van der Waals surface area contributed by atoms with Gasteiger partial charge >= 0.3 is 19.6 Å². The van der Waals surface area contributed by atoms with Crippen LogP contribution in [0.1, 0.15) is 11.3 Å². The Hall–Kier alpha value is -2.94. The van der Waals surface area contributed by atoms with Crippen LogP contribution in [0.25, 0.3) is 0 Å². The zero-order valence-electron chi connectivity index (χ0n) is 15.0. The highest BCUT2D eigenvalue weighted by Gasteiger charge is 2.25. The van der Waals surface area contributed by atoms with Crippen molar-refractivity contribution in [1.82, 2.24) is 5.09 Å². The van der Waals surface area contributed by atoms with Crippen LogP contribution >= 0.6 is 7.75 Å². The average molecular weight is 410 g/mol. The fraction of sp³-hybridized carbons (Fsp3) is 0.235. The van der Waals surface area contributed by atoms with Crippen LogP contribution in [-0.2, 0) is 31.6 Å². The molecule has 0 aliphatic heterocycles. The lowest BCUT2D eigenvalue weighted by Gasteiger charge is -2.17. The Morgan fingerprint density at radius 1 is 1.32 bits per heavy atom. The van der Waals surface area contributed by atoms with Gasteiger partial charge in [-0.15, -0.1) is 0 Å². The third-order valence-electron chi connectivity index (χ3n) is 3.34. The second-order valence-electron chi connectivity index (χ2n) is 5.38. The molecule has 0 amide bonds. The number of hydrogen-bond donors (Lipinski definition) is 1. The van der Waals surface area contributed by atoms with Gasteiger partial charge in [0.1, 0.15) is 29.6 Å². The summed E-state index contributed by atoms with van der Waals surface area (Å²) >= 11 is 0. The van der Waals surface area contributed by atoms with E-state index in [9.17, 15) is 19.5 Å². The number of carbonyl (C=O) groups excluding carboxylic acids is 1. The molecule has 0 aliphatic carbocycles. The van der Waals surface area contributed by atoms with Crippen molar-refractivity contribution in [2.24, 2.45) is 0 Å². The zero-order valence-corrected chi connectivity index (χ0v) is 15.9. The lowest BCUT2D eigenvalue weighted by atomic mass is 10.1. The Labute approximate surface area is 160 Å². The molecule has 0 bridgehead atoms. The van der Waals surface area contributed by atoms with Crippen molar-refractivity contribution < 1.29 is 32.5 Å². The Bertz CT molecular complexity index is 878. The van der Waals surface area contributed by atoms with Crippen LogP contribution < -0.4 is 9.61 Å². The standard InChI is InChI=1S/C17H19N2O8P/c1-3-10-24-17(20)11-13-4-6-14(7-5-13)27-28(23,18-2)25-12-15-8-9-16(26-15)19(21)22/h3-9H,1,10-12H2,2H3,(H,18,23). The highest BCUT2D eigenvalue weighted by atomic mass is 31.2. The summed E-state index contributed by atoms with van der Waals surface area (Å²) in [6, 6.07) is 8.82. The van der Waals surface area contributed by atoms with Crippen molar-refractivity contribution in [2.75, 3.05) is 13.7 Å². The largest absolute Gasteiger partial charge is 0.461 e. The number of esters is 1. The molecule has 0 saturated heterocycles. The van der Waals surface area contributed by atoms with Gasteiger partial charge in [0.2, 0.25) is 0 Å². The molecule has 2 aromatic rings. The van der Waals surface area contributed by atoms with Gasteiger partial charge in [-0.05, 0) is 30.8 Å². The number of furan rings is 1. The molecule has 1 unspecified atom stereocenters. The van der Waals surface area contributed by atoms with Gasteiger partial charge in [-0.3, -0.25) is 19.4 Å². The quantitative estimate of drug-likeness (QED) is 0.195. The van der Waals surface area contributed by atoms with Crippen LogP contribution in [0.4, 0.5) is 5.88 Å². The molecule has 0 aliphatic rings. The molecular weight excluding hydrogens is 391 g/mol.